The van der Waals surface area contributed by atoms with E-state index in [0.717, 1.165) is 5.56 Å². The number of sulfonamides is 1. The van der Waals surface area contributed by atoms with Gasteiger partial charge in [-0.05, 0) is 55.8 Å². The van der Waals surface area contributed by atoms with E-state index in [0.29, 0.717) is 11.3 Å². The first-order valence-corrected chi connectivity index (χ1v) is 11.1. The number of nitrogens with one attached hydrogen (secondary N) is 2. The molecule has 0 aromatic heterocycles. The SMILES string of the molecule is CCN(c1ccccc1)S(=O)(=O)c1cccc(C(=O)NNC(=O)c2ccccc2C)c1. The number of rotatable bonds is 6. The molecule has 0 aliphatic heterocycles. The van der Waals surface area contributed by atoms with Crippen LogP contribution in [0.3, 0.4) is 0 Å². The molecule has 0 aliphatic carbocycles. The van der Waals surface area contributed by atoms with Gasteiger partial charge in [0.1, 0.15) is 0 Å². The van der Waals surface area contributed by atoms with Crippen molar-refractivity contribution in [1.82, 2.24) is 10.9 Å². The Kier molecular flexibility index (Phi) is 6.71. The Morgan fingerprint density at radius 2 is 1.48 bits per heavy atom. The molecule has 0 aliphatic rings. The van der Waals surface area contributed by atoms with Crippen LogP contribution in [0.1, 0.15) is 33.2 Å². The monoisotopic (exact) mass is 437 g/mol. The average molecular weight is 438 g/mol. The van der Waals surface area contributed by atoms with Crippen molar-refractivity contribution in [2.75, 3.05) is 10.8 Å². The standard InChI is InChI=1S/C23H23N3O4S/c1-3-26(19-12-5-4-6-13-19)31(29,30)20-14-9-11-18(16-20)22(27)24-25-23(28)21-15-8-7-10-17(21)2/h4-16H,3H2,1-2H3,(H,24,27)(H,25,28). The van der Waals surface area contributed by atoms with E-state index in [1.54, 1.807) is 62.4 Å². The lowest BCUT2D eigenvalue weighted by molar-refractivity contribution is 0.0846. The first kappa shape index (κ1) is 22.0. The minimum Gasteiger partial charge on any atom is -0.267 e. The predicted molar refractivity (Wildman–Crippen MR) is 119 cm³/mol. The summed E-state index contributed by atoms with van der Waals surface area (Å²) in [4.78, 5) is 24.8. The molecule has 0 spiro atoms. The molecule has 0 unspecified atom stereocenters. The van der Waals surface area contributed by atoms with E-state index in [1.165, 1.54) is 28.6 Å². The Labute approximate surface area is 181 Å². The molecule has 2 amide bonds. The molecule has 0 saturated heterocycles. The normalized spacial score (nSPS) is 10.9. The molecule has 7 nitrogen and oxygen atoms in total. The molecule has 0 fully saturated rings. The fourth-order valence-electron chi connectivity index (χ4n) is 3.09. The Hall–Kier alpha value is -3.65. The highest BCUT2D eigenvalue weighted by Gasteiger charge is 2.24. The summed E-state index contributed by atoms with van der Waals surface area (Å²) in [7, 11) is -3.87. The molecule has 160 valence electrons. The number of amides is 2. The Balaban J connectivity index is 1.78. The van der Waals surface area contributed by atoms with E-state index in [4.69, 9.17) is 0 Å². The summed E-state index contributed by atoms with van der Waals surface area (Å²) in [5, 5.41) is 0. The Morgan fingerprint density at radius 3 is 2.16 bits per heavy atom. The summed E-state index contributed by atoms with van der Waals surface area (Å²) < 4.78 is 27.6. The Bertz CT molecular complexity index is 1190. The van der Waals surface area contributed by atoms with Crippen molar-refractivity contribution in [1.29, 1.82) is 0 Å². The molecule has 0 radical (unpaired) electrons. The minimum absolute atomic E-state index is 0.0175. The van der Waals surface area contributed by atoms with Gasteiger partial charge in [-0.25, -0.2) is 8.42 Å². The van der Waals surface area contributed by atoms with Crippen LogP contribution in [0.25, 0.3) is 0 Å². The lowest BCUT2D eigenvalue weighted by atomic mass is 10.1. The van der Waals surface area contributed by atoms with Gasteiger partial charge in [-0.1, -0.05) is 42.5 Å². The summed E-state index contributed by atoms with van der Waals surface area (Å²) in [6, 6.07) is 21.4. The van der Waals surface area contributed by atoms with Gasteiger partial charge < -0.3 is 0 Å². The van der Waals surface area contributed by atoms with Crippen LogP contribution < -0.4 is 15.2 Å². The van der Waals surface area contributed by atoms with Gasteiger partial charge in [0.05, 0.1) is 10.6 Å². The van der Waals surface area contributed by atoms with E-state index in [-0.39, 0.29) is 17.0 Å². The highest BCUT2D eigenvalue weighted by atomic mass is 32.2. The lowest BCUT2D eigenvalue weighted by Crippen LogP contribution is -2.42. The fraction of sp³-hybridized carbons (Fsp3) is 0.130. The number of carbonyl (C=O) groups is 2. The first-order chi connectivity index (χ1) is 14.8. The van der Waals surface area contributed by atoms with Gasteiger partial charge in [-0.2, -0.15) is 0 Å². The van der Waals surface area contributed by atoms with Gasteiger partial charge >= 0.3 is 0 Å². The highest BCUT2D eigenvalue weighted by molar-refractivity contribution is 7.92. The fourth-order valence-corrected chi connectivity index (χ4v) is 4.61. The summed E-state index contributed by atoms with van der Waals surface area (Å²) >= 11 is 0. The predicted octanol–water partition coefficient (Wildman–Crippen LogP) is 3.29. The third-order valence-electron chi connectivity index (χ3n) is 4.69. The summed E-state index contributed by atoms with van der Waals surface area (Å²) in [6.07, 6.45) is 0. The molecule has 8 heteroatoms. The van der Waals surface area contributed by atoms with Gasteiger partial charge in [-0.3, -0.25) is 24.7 Å². The third-order valence-corrected chi connectivity index (χ3v) is 6.59. The molecule has 0 bridgehead atoms. The van der Waals surface area contributed by atoms with Gasteiger partial charge in [0.15, 0.2) is 0 Å². The quantitative estimate of drug-likeness (QED) is 0.579. The summed E-state index contributed by atoms with van der Waals surface area (Å²) in [5.41, 5.74) is 6.53. The number of hydrazine groups is 1. The van der Waals surface area contributed by atoms with Crippen LogP contribution in [0.5, 0.6) is 0 Å². The molecule has 3 aromatic carbocycles. The Morgan fingerprint density at radius 1 is 0.839 bits per heavy atom. The number of nitrogens with zero attached hydrogens (tertiary/aromatic N) is 1. The molecule has 0 heterocycles. The van der Waals surface area contributed by atoms with Crippen molar-refractivity contribution in [3.63, 3.8) is 0 Å². The maximum atomic E-state index is 13.2. The largest absolute Gasteiger partial charge is 0.269 e. The van der Waals surface area contributed by atoms with Crippen molar-refractivity contribution >= 4 is 27.5 Å². The van der Waals surface area contributed by atoms with E-state index in [2.05, 4.69) is 10.9 Å². The van der Waals surface area contributed by atoms with Crippen LogP contribution in [0.15, 0.2) is 83.8 Å². The van der Waals surface area contributed by atoms with Crippen molar-refractivity contribution in [2.45, 2.75) is 18.7 Å². The molecule has 31 heavy (non-hydrogen) atoms. The maximum absolute atomic E-state index is 13.2. The van der Waals surface area contributed by atoms with Gasteiger partial charge in [0.2, 0.25) is 0 Å². The average Bonchev–Trinajstić information content (AvgIpc) is 2.78. The number of hydrogen-bond acceptors (Lipinski definition) is 4. The van der Waals surface area contributed by atoms with E-state index < -0.39 is 21.8 Å². The zero-order chi connectivity index (χ0) is 22.4. The molecular weight excluding hydrogens is 414 g/mol. The maximum Gasteiger partial charge on any atom is 0.269 e. The molecule has 0 atom stereocenters. The van der Waals surface area contributed by atoms with Crippen molar-refractivity contribution in [3.05, 3.63) is 95.6 Å². The topological polar surface area (TPSA) is 95.6 Å². The molecule has 3 aromatic rings. The molecule has 3 rings (SSSR count). The second-order valence-electron chi connectivity index (χ2n) is 6.76. The number of aryl methyl sites for hydroxylation is 1. The van der Waals surface area contributed by atoms with Gasteiger partial charge in [0.25, 0.3) is 21.8 Å². The highest BCUT2D eigenvalue weighted by Crippen LogP contribution is 2.23. The number of carbonyl (C=O) groups excluding carboxylic acids is 2. The van der Waals surface area contributed by atoms with Gasteiger partial charge in [0, 0.05) is 17.7 Å². The van der Waals surface area contributed by atoms with Crippen molar-refractivity contribution < 1.29 is 18.0 Å². The molecular formula is C23H23N3O4S. The van der Waals surface area contributed by atoms with E-state index >= 15 is 0 Å². The summed E-state index contributed by atoms with van der Waals surface area (Å²) in [6.45, 7) is 3.76. The van der Waals surface area contributed by atoms with Gasteiger partial charge in [-0.15, -0.1) is 0 Å². The number of para-hydroxylation sites is 1. The van der Waals surface area contributed by atoms with Crippen molar-refractivity contribution in [3.8, 4) is 0 Å². The van der Waals surface area contributed by atoms with Crippen LogP contribution in [-0.4, -0.2) is 26.8 Å². The van der Waals surface area contributed by atoms with Crippen LogP contribution >= 0.6 is 0 Å². The minimum atomic E-state index is -3.87. The number of benzene rings is 3. The first-order valence-electron chi connectivity index (χ1n) is 9.68. The zero-order valence-corrected chi connectivity index (χ0v) is 18.0. The third kappa shape index (κ3) is 4.92. The van der Waals surface area contributed by atoms with Crippen LogP contribution in [0, 0.1) is 6.92 Å². The zero-order valence-electron chi connectivity index (χ0n) is 17.2. The lowest BCUT2D eigenvalue weighted by Gasteiger charge is -2.23. The smallest absolute Gasteiger partial charge is 0.267 e. The number of hydrogen-bond donors (Lipinski definition) is 2. The second-order valence-corrected chi connectivity index (χ2v) is 8.62. The van der Waals surface area contributed by atoms with Crippen LogP contribution in [0.4, 0.5) is 5.69 Å². The number of anilines is 1. The van der Waals surface area contributed by atoms with Crippen molar-refractivity contribution in [2.24, 2.45) is 0 Å². The van der Waals surface area contributed by atoms with Crippen LogP contribution in [0.2, 0.25) is 0 Å². The second kappa shape index (κ2) is 9.44. The molecule has 0 saturated carbocycles. The summed E-state index contributed by atoms with van der Waals surface area (Å²) in [5.74, 6) is -1.08. The van der Waals surface area contributed by atoms with E-state index in [1.807, 2.05) is 6.07 Å². The van der Waals surface area contributed by atoms with E-state index in [9.17, 15) is 18.0 Å². The van der Waals surface area contributed by atoms with Crippen LogP contribution in [-0.2, 0) is 10.0 Å². The molecule has 2 N–H and O–H groups in total.